The number of nitrogens with one attached hydrogen (secondary N) is 1. The molecule has 16 heavy (non-hydrogen) atoms. The summed E-state index contributed by atoms with van der Waals surface area (Å²) in [4.78, 5) is 10.3. The van der Waals surface area contributed by atoms with E-state index in [0.29, 0.717) is 5.75 Å². The number of primary amides is 1. The van der Waals surface area contributed by atoms with E-state index in [1.165, 1.54) is 6.21 Å². The SMILES string of the molecule is N#CCOc1ccc(C=NNC(N)=O)cc1. The van der Waals surface area contributed by atoms with Crippen molar-refractivity contribution in [2.75, 3.05) is 6.61 Å². The lowest BCUT2D eigenvalue weighted by Crippen LogP contribution is -2.24. The molecule has 1 aromatic carbocycles. The third kappa shape index (κ3) is 4.11. The van der Waals surface area contributed by atoms with Crippen molar-refractivity contribution >= 4 is 12.2 Å². The van der Waals surface area contributed by atoms with E-state index >= 15 is 0 Å². The first-order valence-corrected chi connectivity index (χ1v) is 4.40. The molecule has 2 amide bonds. The molecular weight excluding hydrogens is 208 g/mol. The van der Waals surface area contributed by atoms with Crippen LogP contribution in [0.3, 0.4) is 0 Å². The molecule has 3 N–H and O–H groups in total. The average molecular weight is 218 g/mol. The van der Waals surface area contributed by atoms with E-state index in [0.717, 1.165) is 5.56 Å². The first-order chi connectivity index (χ1) is 7.72. The van der Waals surface area contributed by atoms with Crippen LogP contribution in [0.25, 0.3) is 0 Å². The first kappa shape index (κ1) is 11.5. The summed E-state index contributed by atoms with van der Waals surface area (Å²) >= 11 is 0. The standard InChI is InChI=1S/C10H10N4O2/c11-5-6-16-9-3-1-8(2-4-9)7-13-14-10(12)15/h1-4,7H,6H2,(H3,12,14,15). The summed E-state index contributed by atoms with van der Waals surface area (Å²) in [5.74, 6) is 0.599. The minimum absolute atomic E-state index is 0.0106. The van der Waals surface area contributed by atoms with Crippen molar-refractivity contribution in [2.45, 2.75) is 0 Å². The zero-order valence-electron chi connectivity index (χ0n) is 8.38. The fraction of sp³-hybridized carbons (Fsp3) is 0.100. The molecule has 0 aliphatic heterocycles. The van der Waals surface area contributed by atoms with Crippen molar-refractivity contribution in [3.8, 4) is 11.8 Å². The predicted octanol–water partition coefficient (Wildman–Crippen LogP) is 0.591. The van der Waals surface area contributed by atoms with Crippen LogP contribution < -0.4 is 15.9 Å². The Kier molecular flexibility index (Phi) is 4.34. The summed E-state index contributed by atoms with van der Waals surface area (Å²) in [6.07, 6.45) is 1.44. The number of benzene rings is 1. The molecule has 0 unspecified atom stereocenters. The van der Waals surface area contributed by atoms with Crippen LogP contribution in [0.2, 0.25) is 0 Å². The molecule has 0 aliphatic rings. The molecular formula is C10H10N4O2. The van der Waals surface area contributed by atoms with Gasteiger partial charge in [0.2, 0.25) is 0 Å². The number of carbonyl (C=O) groups is 1. The molecule has 6 heteroatoms. The zero-order chi connectivity index (χ0) is 11.8. The highest BCUT2D eigenvalue weighted by atomic mass is 16.5. The summed E-state index contributed by atoms with van der Waals surface area (Å²) in [6.45, 7) is 0.0106. The Balaban J connectivity index is 2.54. The minimum Gasteiger partial charge on any atom is -0.479 e. The summed E-state index contributed by atoms with van der Waals surface area (Å²) in [5.41, 5.74) is 7.67. The maximum atomic E-state index is 10.3. The maximum absolute atomic E-state index is 10.3. The van der Waals surface area contributed by atoms with Crippen LogP contribution in [-0.4, -0.2) is 18.9 Å². The van der Waals surface area contributed by atoms with Gasteiger partial charge in [0, 0.05) is 0 Å². The normalized spacial score (nSPS) is 9.69. The topological polar surface area (TPSA) is 100 Å². The summed E-state index contributed by atoms with van der Waals surface area (Å²) in [7, 11) is 0. The molecule has 0 radical (unpaired) electrons. The molecule has 1 rings (SSSR count). The van der Waals surface area contributed by atoms with Crippen LogP contribution in [-0.2, 0) is 0 Å². The van der Waals surface area contributed by atoms with Crippen molar-refractivity contribution < 1.29 is 9.53 Å². The number of amides is 2. The van der Waals surface area contributed by atoms with Gasteiger partial charge < -0.3 is 10.5 Å². The van der Waals surface area contributed by atoms with Gasteiger partial charge in [0.25, 0.3) is 0 Å². The van der Waals surface area contributed by atoms with E-state index < -0.39 is 6.03 Å². The second kappa shape index (κ2) is 6.03. The lowest BCUT2D eigenvalue weighted by Gasteiger charge is -2.00. The van der Waals surface area contributed by atoms with Crippen LogP contribution in [0, 0.1) is 11.3 Å². The highest BCUT2D eigenvalue weighted by Crippen LogP contribution is 2.10. The number of hydrazone groups is 1. The number of nitrogens with two attached hydrogens (primary N) is 1. The van der Waals surface area contributed by atoms with Crippen LogP contribution in [0.5, 0.6) is 5.75 Å². The van der Waals surface area contributed by atoms with Crippen molar-refractivity contribution in [2.24, 2.45) is 10.8 Å². The monoisotopic (exact) mass is 218 g/mol. The number of hydrogen-bond donors (Lipinski definition) is 2. The molecule has 6 nitrogen and oxygen atoms in total. The zero-order valence-corrected chi connectivity index (χ0v) is 8.38. The smallest absolute Gasteiger partial charge is 0.332 e. The largest absolute Gasteiger partial charge is 0.479 e. The Hall–Kier alpha value is -2.55. The van der Waals surface area contributed by atoms with E-state index in [1.54, 1.807) is 24.3 Å². The molecule has 0 saturated carbocycles. The molecule has 0 saturated heterocycles. The van der Waals surface area contributed by atoms with E-state index in [9.17, 15) is 4.79 Å². The van der Waals surface area contributed by atoms with Crippen molar-refractivity contribution in [3.63, 3.8) is 0 Å². The van der Waals surface area contributed by atoms with Gasteiger partial charge in [0.05, 0.1) is 6.21 Å². The summed E-state index contributed by atoms with van der Waals surface area (Å²) in [6, 6.07) is 8.01. The first-order valence-electron chi connectivity index (χ1n) is 4.40. The molecule has 0 aliphatic carbocycles. The van der Waals surface area contributed by atoms with Crippen molar-refractivity contribution in [3.05, 3.63) is 29.8 Å². The fourth-order valence-electron chi connectivity index (χ4n) is 0.936. The van der Waals surface area contributed by atoms with Crippen LogP contribution in [0.4, 0.5) is 4.79 Å². The number of rotatable bonds is 4. The predicted molar refractivity (Wildman–Crippen MR) is 57.9 cm³/mol. The molecule has 0 fully saturated rings. The number of carbonyl (C=O) groups excluding carboxylic acids is 1. The Bertz CT molecular complexity index is 419. The van der Waals surface area contributed by atoms with Gasteiger partial charge in [-0.05, 0) is 29.8 Å². The Morgan fingerprint density at radius 1 is 1.56 bits per heavy atom. The van der Waals surface area contributed by atoms with Gasteiger partial charge in [-0.25, -0.2) is 10.2 Å². The van der Waals surface area contributed by atoms with Crippen LogP contribution >= 0.6 is 0 Å². The van der Waals surface area contributed by atoms with Crippen molar-refractivity contribution in [1.82, 2.24) is 5.43 Å². The highest BCUT2D eigenvalue weighted by Gasteiger charge is 1.93. The quantitative estimate of drug-likeness (QED) is 0.571. The third-order valence-electron chi connectivity index (χ3n) is 1.57. The van der Waals surface area contributed by atoms with E-state index in [2.05, 4.69) is 10.5 Å². The Labute approximate surface area is 92.3 Å². The van der Waals surface area contributed by atoms with Gasteiger partial charge in [0.15, 0.2) is 6.61 Å². The average Bonchev–Trinajstić information content (AvgIpc) is 2.27. The van der Waals surface area contributed by atoms with Gasteiger partial charge in [-0.2, -0.15) is 10.4 Å². The molecule has 82 valence electrons. The lowest BCUT2D eigenvalue weighted by molar-refractivity contribution is 0.249. The van der Waals surface area contributed by atoms with E-state index in [1.807, 2.05) is 6.07 Å². The number of ether oxygens (including phenoxy) is 1. The number of nitrogens with zero attached hydrogens (tertiary/aromatic N) is 2. The van der Waals surface area contributed by atoms with Gasteiger partial charge in [-0.1, -0.05) is 0 Å². The van der Waals surface area contributed by atoms with Gasteiger partial charge in [0.1, 0.15) is 11.8 Å². The second-order valence-corrected chi connectivity index (χ2v) is 2.75. The molecule has 1 aromatic rings. The third-order valence-corrected chi connectivity index (χ3v) is 1.57. The van der Waals surface area contributed by atoms with E-state index in [4.69, 9.17) is 15.7 Å². The summed E-state index contributed by atoms with van der Waals surface area (Å²) < 4.78 is 5.06. The molecule has 0 heterocycles. The highest BCUT2D eigenvalue weighted by molar-refractivity contribution is 5.81. The van der Waals surface area contributed by atoms with Crippen LogP contribution in [0.1, 0.15) is 5.56 Å². The second-order valence-electron chi connectivity index (χ2n) is 2.75. The summed E-state index contributed by atoms with van der Waals surface area (Å²) in [5, 5.41) is 11.9. The van der Waals surface area contributed by atoms with E-state index in [-0.39, 0.29) is 6.61 Å². The molecule has 0 spiro atoms. The maximum Gasteiger partial charge on any atom is 0.332 e. The number of urea groups is 1. The van der Waals surface area contributed by atoms with Gasteiger partial charge >= 0.3 is 6.03 Å². The Morgan fingerprint density at radius 2 is 2.25 bits per heavy atom. The van der Waals surface area contributed by atoms with Crippen LogP contribution in [0.15, 0.2) is 29.4 Å². The Morgan fingerprint density at radius 3 is 2.81 bits per heavy atom. The molecule has 0 bridgehead atoms. The van der Waals surface area contributed by atoms with Gasteiger partial charge in [-0.3, -0.25) is 0 Å². The number of nitriles is 1. The number of hydrogen-bond acceptors (Lipinski definition) is 4. The fourth-order valence-corrected chi connectivity index (χ4v) is 0.936. The van der Waals surface area contributed by atoms with Crippen molar-refractivity contribution in [1.29, 1.82) is 5.26 Å². The minimum atomic E-state index is -0.717. The molecule has 0 aromatic heterocycles. The van der Waals surface area contributed by atoms with Gasteiger partial charge in [-0.15, -0.1) is 0 Å². The molecule has 0 atom stereocenters. The lowest BCUT2D eigenvalue weighted by atomic mass is 10.2.